The Morgan fingerprint density at radius 3 is 2.83 bits per heavy atom. The van der Waals surface area contributed by atoms with Crippen LogP contribution in [0.5, 0.6) is 0 Å². The molecule has 0 aliphatic carbocycles. The van der Waals surface area contributed by atoms with E-state index in [2.05, 4.69) is 39.3 Å². The number of furan rings is 1. The molecule has 0 unspecified atom stereocenters. The van der Waals surface area contributed by atoms with Crippen molar-refractivity contribution in [2.75, 3.05) is 25.5 Å². The van der Waals surface area contributed by atoms with E-state index < -0.39 is 0 Å². The third kappa shape index (κ3) is 3.89. The smallest absolute Gasteiger partial charge is 0.0947 e. The molecule has 0 saturated carbocycles. The van der Waals surface area contributed by atoms with E-state index in [1.54, 1.807) is 12.5 Å². The Morgan fingerprint density at radius 1 is 1.28 bits per heavy atom. The monoisotopic (exact) mass is 308 g/mol. The Labute approximate surface area is 116 Å². The quantitative estimate of drug-likeness (QED) is 0.884. The zero-order valence-electron chi connectivity index (χ0n) is 10.4. The van der Waals surface area contributed by atoms with Crippen LogP contribution in [0, 0.1) is 0 Å². The van der Waals surface area contributed by atoms with Gasteiger partial charge in [0.05, 0.1) is 12.5 Å². The van der Waals surface area contributed by atoms with Gasteiger partial charge < -0.3 is 14.6 Å². The molecule has 2 rings (SSSR count). The van der Waals surface area contributed by atoms with Gasteiger partial charge in [-0.1, -0.05) is 12.1 Å². The molecule has 0 spiro atoms. The molecule has 0 amide bonds. The van der Waals surface area contributed by atoms with Gasteiger partial charge in [0, 0.05) is 35.4 Å². The SMILES string of the molecule is CN(CCNc1ccccc1Br)Cc1ccoc1. The summed E-state index contributed by atoms with van der Waals surface area (Å²) in [5, 5.41) is 3.41. The predicted octanol–water partition coefficient (Wildman–Crippen LogP) is 3.59. The molecule has 0 aliphatic heterocycles. The van der Waals surface area contributed by atoms with E-state index in [-0.39, 0.29) is 0 Å². The summed E-state index contributed by atoms with van der Waals surface area (Å²) in [7, 11) is 2.11. The summed E-state index contributed by atoms with van der Waals surface area (Å²) in [6.45, 7) is 2.80. The number of anilines is 1. The number of para-hydroxylation sites is 1. The van der Waals surface area contributed by atoms with Crippen molar-refractivity contribution in [1.82, 2.24) is 4.90 Å². The number of nitrogens with zero attached hydrogens (tertiary/aromatic N) is 1. The molecule has 4 heteroatoms. The first-order valence-corrected chi connectivity index (χ1v) is 6.73. The van der Waals surface area contributed by atoms with Gasteiger partial charge in [0.2, 0.25) is 0 Å². The molecule has 0 radical (unpaired) electrons. The van der Waals surface area contributed by atoms with E-state index in [0.717, 1.165) is 29.8 Å². The first-order chi connectivity index (χ1) is 8.75. The van der Waals surface area contributed by atoms with E-state index in [1.807, 2.05) is 24.3 Å². The molecule has 0 fully saturated rings. The molecule has 1 aromatic heterocycles. The highest BCUT2D eigenvalue weighted by Gasteiger charge is 2.02. The third-order valence-corrected chi connectivity index (χ3v) is 3.41. The van der Waals surface area contributed by atoms with E-state index in [4.69, 9.17) is 4.42 Å². The molecule has 0 aliphatic rings. The largest absolute Gasteiger partial charge is 0.472 e. The lowest BCUT2D eigenvalue weighted by Gasteiger charge is -2.16. The number of halogens is 1. The Kier molecular flexibility index (Phi) is 4.84. The Balaban J connectivity index is 1.74. The zero-order chi connectivity index (χ0) is 12.8. The van der Waals surface area contributed by atoms with E-state index in [1.165, 1.54) is 5.56 Å². The van der Waals surface area contributed by atoms with Crippen molar-refractivity contribution in [3.63, 3.8) is 0 Å². The fourth-order valence-electron chi connectivity index (χ4n) is 1.76. The molecule has 0 atom stereocenters. The lowest BCUT2D eigenvalue weighted by atomic mass is 10.3. The summed E-state index contributed by atoms with van der Waals surface area (Å²) in [6, 6.07) is 10.2. The molecule has 1 heterocycles. The molecule has 18 heavy (non-hydrogen) atoms. The Bertz CT molecular complexity index is 470. The lowest BCUT2D eigenvalue weighted by molar-refractivity contribution is 0.338. The molecule has 3 nitrogen and oxygen atoms in total. The second kappa shape index (κ2) is 6.61. The second-order valence-corrected chi connectivity index (χ2v) is 5.13. The van der Waals surface area contributed by atoms with Gasteiger partial charge in [-0.2, -0.15) is 0 Å². The minimum atomic E-state index is 0.911. The van der Waals surface area contributed by atoms with Gasteiger partial charge >= 0.3 is 0 Å². The summed E-state index contributed by atoms with van der Waals surface area (Å²) >= 11 is 3.52. The number of hydrogen-bond acceptors (Lipinski definition) is 3. The average Bonchev–Trinajstić information content (AvgIpc) is 2.84. The first kappa shape index (κ1) is 13.2. The van der Waals surface area contributed by atoms with Crippen LogP contribution in [0.1, 0.15) is 5.56 Å². The van der Waals surface area contributed by atoms with E-state index in [0.29, 0.717) is 0 Å². The molecule has 1 aromatic carbocycles. The minimum Gasteiger partial charge on any atom is -0.472 e. The maximum absolute atomic E-state index is 5.06. The topological polar surface area (TPSA) is 28.4 Å². The number of likely N-dealkylation sites (N-methyl/N-ethyl adjacent to an activating group) is 1. The van der Waals surface area contributed by atoms with Crippen LogP contribution in [-0.2, 0) is 6.54 Å². The second-order valence-electron chi connectivity index (χ2n) is 4.28. The maximum Gasteiger partial charge on any atom is 0.0947 e. The van der Waals surface area contributed by atoms with Crippen LogP contribution in [0.3, 0.4) is 0 Å². The fourth-order valence-corrected chi connectivity index (χ4v) is 2.18. The molecule has 0 saturated heterocycles. The molecule has 1 N–H and O–H groups in total. The third-order valence-electron chi connectivity index (χ3n) is 2.72. The summed E-state index contributed by atoms with van der Waals surface area (Å²) in [5.74, 6) is 0. The summed E-state index contributed by atoms with van der Waals surface area (Å²) in [6.07, 6.45) is 3.50. The molecular formula is C14H17BrN2O. The van der Waals surface area contributed by atoms with Crippen molar-refractivity contribution >= 4 is 21.6 Å². The van der Waals surface area contributed by atoms with Crippen LogP contribution in [0.25, 0.3) is 0 Å². The van der Waals surface area contributed by atoms with Gasteiger partial charge in [0.15, 0.2) is 0 Å². The Morgan fingerprint density at radius 2 is 2.11 bits per heavy atom. The van der Waals surface area contributed by atoms with Gasteiger partial charge in [-0.3, -0.25) is 0 Å². The first-order valence-electron chi connectivity index (χ1n) is 5.94. The number of benzene rings is 1. The highest BCUT2D eigenvalue weighted by molar-refractivity contribution is 9.10. The average molecular weight is 309 g/mol. The maximum atomic E-state index is 5.06. The molecular weight excluding hydrogens is 292 g/mol. The fraction of sp³-hybridized carbons (Fsp3) is 0.286. The van der Waals surface area contributed by atoms with Gasteiger partial charge in [-0.15, -0.1) is 0 Å². The van der Waals surface area contributed by atoms with E-state index in [9.17, 15) is 0 Å². The van der Waals surface area contributed by atoms with Crippen LogP contribution in [0.2, 0.25) is 0 Å². The van der Waals surface area contributed by atoms with Gasteiger partial charge in [0.1, 0.15) is 0 Å². The van der Waals surface area contributed by atoms with Crippen molar-refractivity contribution in [3.8, 4) is 0 Å². The van der Waals surface area contributed by atoms with Crippen LogP contribution in [0.4, 0.5) is 5.69 Å². The van der Waals surface area contributed by atoms with Crippen molar-refractivity contribution in [1.29, 1.82) is 0 Å². The standard InChI is InChI=1S/C14H17BrN2O/c1-17(10-12-6-9-18-11-12)8-7-16-14-5-3-2-4-13(14)15/h2-6,9,11,16H,7-8,10H2,1H3. The van der Waals surface area contributed by atoms with Crippen molar-refractivity contribution < 1.29 is 4.42 Å². The van der Waals surface area contributed by atoms with Gasteiger partial charge in [-0.05, 0) is 41.2 Å². The molecule has 0 bridgehead atoms. The Hall–Kier alpha value is -1.26. The van der Waals surface area contributed by atoms with Crippen molar-refractivity contribution in [2.24, 2.45) is 0 Å². The number of hydrogen-bond donors (Lipinski definition) is 1. The van der Waals surface area contributed by atoms with E-state index >= 15 is 0 Å². The predicted molar refractivity (Wildman–Crippen MR) is 77.7 cm³/mol. The summed E-state index contributed by atoms with van der Waals surface area (Å²) in [5.41, 5.74) is 2.34. The van der Waals surface area contributed by atoms with Crippen LogP contribution < -0.4 is 5.32 Å². The lowest BCUT2D eigenvalue weighted by Crippen LogP contribution is -2.24. The van der Waals surface area contributed by atoms with Crippen molar-refractivity contribution in [3.05, 3.63) is 52.9 Å². The molecule has 2 aromatic rings. The summed E-state index contributed by atoms with van der Waals surface area (Å²) in [4.78, 5) is 2.26. The zero-order valence-corrected chi connectivity index (χ0v) is 12.0. The number of rotatable bonds is 6. The van der Waals surface area contributed by atoms with Gasteiger partial charge in [0.25, 0.3) is 0 Å². The van der Waals surface area contributed by atoms with Crippen LogP contribution >= 0.6 is 15.9 Å². The van der Waals surface area contributed by atoms with Crippen LogP contribution in [0.15, 0.2) is 51.7 Å². The van der Waals surface area contributed by atoms with Crippen LogP contribution in [-0.4, -0.2) is 25.0 Å². The van der Waals surface area contributed by atoms with Crippen molar-refractivity contribution in [2.45, 2.75) is 6.54 Å². The normalized spacial score (nSPS) is 10.8. The summed E-state index contributed by atoms with van der Waals surface area (Å²) < 4.78 is 6.16. The number of nitrogens with one attached hydrogen (secondary N) is 1. The minimum absolute atomic E-state index is 0.911. The highest BCUT2D eigenvalue weighted by Crippen LogP contribution is 2.20. The molecule has 96 valence electrons. The van der Waals surface area contributed by atoms with Gasteiger partial charge in [-0.25, -0.2) is 0 Å². The highest BCUT2D eigenvalue weighted by atomic mass is 79.9.